The van der Waals surface area contributed by atoms with E-state index < -0.39 is 0 Å². The minimum absolute atomic E-state index is 0.764. The van der Waals surface area contributed by atoms with Crippen LogP contribution in [-0.4, -0.2) is 15.0 Å². The molecule has 3 nitrogen and oxygen atoms in total. The average molecular weight is 222 g/mol. The number of hydrogen-bond donors (Lipinski definition) is 0. The third kappa shape index (κ3) is 1.87. The van der Waals surface area contributed by atoms with Gasteiger partial charge < -0.3 is 0 Å². The molecule has 0 N–H and O–H groups in total. The fourth-order valence-corrected chi connectivity index (χ4v) is 2.35. The normalized spacial score (nSPS) is 10.3. The third-order valence-corrected chi connectivity index (χ3v) is 3.20. The Bertz CT molecular complexity index is 335. The van der Waals surface area contributed by atoms with Gasteiger partial charge in [-0.2, -0.15) is 0 Å². The second-order valence-corrected chi connectivity index (χ2v) is 4.30. The molecule has 0 spiro atoms. The van der Waals surface area contributed by atoms with E-state index in [4.69, 9.17) is 0 Å². The summed E-state index contributed by atoms with van der Waals surface area (Å²) in [6.07, 6.45) is 3.02. The molecule has 0 aliphatic carbocycles. The summed E-state index contributed by atoms with van der Waals surface area (Å²) in [6, 6.07) is 4.06. The van der Waals surface area contributed by atoms with Gasteiger partial charge in [-0.3, -0.25) is 0 Å². The maximum absolute atomic E-state index is 4.01. The van der Waals surface area contributed by atoms with Gasteiger partial charge in [0.2, 0.25) is 0 Å². The molecule has 0 bridgehead atoms. The minimum atomic E-state index is 0.764. The van der Waals surface area contributed by atoms with E-state index in [0.29, 0.717) is 0 Å². The Morgan fingerprint density at radius 2 is 2.08 bits per heavy atom. The molecule has 0 fully saturated rings. The number of rotatable bonds is 2. The summed E-state index contributed by atoms with van der Waals surface area (Å²) in [5.41, 5.74) is 0. The summed E-state index contributed by atoms with van der Waals surface area (Å²) in [5, 5.41) is 2.04. The molecule has 0 unspecified atom stereocenters. The fourth-order valence-electron chi connectivity index (χ4n) is 0.622. The van der Waals surface area contributed by atoms with Gasteiger partial charge in [0, 0.05) is 0 Å². The SMILES string of the molecule is c1cs[c]([Ni][c]2ncncn2)c1. The zero-order valence-corrected chi connectivity index (χ0v) is 7.76. The van der Waals surface area contributed by atoms with Crippen LogP contribution in [0, 0.1) is 0 Å². The molecule has 0 aliphatic heterocycles. The van der Waals surface area contributed by atoms with Gasteiger partial charge >= 0.3 is 79.5 Å². The number of thiophene rings is 1. The molecule has 2 rings (SSSR count). The fraction of sp³-hybridized carbons (Fsp3) is 0. The van der Waals surface area contributed by atoms with Crippen molar-refractivity contribution in [3.8, 4) is 0 Å². The van der Waals surface area contributed by atoms with Crippen LogP contribution in [0.3, 0.4) is 0 Å². The van der Waals surface area contributed by atoms with Crippen molar-refractivity contribution in [3.05, 3.63) is 30.2 Å². The second-order valence-electron chi connectivity index (χ2n) is 1.85. The van der Waals surface area contributed by atoms with E-state index in [1.807, 2.05) is 11.4 Å². The van der Waals surface area contributed by atoms with Gasteiger partial charge in [0.25, 0.3) is 0 Å². The molecule has 2 aromatic heterocycles. The first-order chi connectivity index (χ1) is 5.95. The Hall–Kier alpha value is -0.796. The topological polar surface area (TPSA) is 38.7 Å². The van der Waals surface area contributed by atoms with Gasteiger partial charge in [0.15, 0.2) is 0 Å². The van der Waals surface area contributed by atoms with Crippen LogP contribution >= 0.6 is 11.3 Å². The van der Waals surface area contributed by atoms with Gasteiger partial charge in [0.05, 0.1) is 0 Å². The Morgan fingerprint density at radius 3 is 2.75 bits per heavy atom. The first kappa shape index (κ1) is 7.83. The molecule has 5 heteroatoms. The first-order valence-corrected chi connectivity index (χ1v) is 5.06. The Morgan fingerprint density at radius 1 is 1.25 bits per heavy atom. The summed E-state index contributed by atoms with van der Waals surface area (Å²) in [6.45, 7) is 0. The molecular formula is C7H5N3NiS. The molecule has 0 amide bonds. The van der Waals surface area contributed by atoms with Crippen LogP contribution in [-0.2, 0) is 14.4 Å². The van der Waals surface area contributed by atoms with Crippen LogP contribution < -0.4 is 8.64 Å². The van der Waals surface area contributed by atoms with Crippen molar-refractivity contribution in [2.24, 2.45) is 0 Å². The van der Waals surface area contributed by atoms with Gasteiger partial charge in [-0.1, -0.05) is 0 Å². The maximum atomic E-state index is 4.01. The quantitative estimate of drug-likeness (QED) is 0.669. The van der Waals surface area contributed by atoms with Crippen LogP contribution in [0.1, 0.15) is 0 Å². The second kappa shape index (κ2) is 3.74. The molecule has 0 aliphatic rings. The van der Waals surface area contributed by atoms with Crippen LogP contribution in [0.25, 0.3) is 0 Å². The number of aromatic nitrogens is 3. The van der Waals surface area contributed by atoms with E-state index in [9.17, 15) is 0 Å². The molecule has 0 aromatic carbocycles. The first-order valence-electron chi connectivity index (χ1n) is 3.19. The zero-order valence-electron chi connectivity index (χ0n) is 5.95. The van der Waals surface area contributed by atoms with E-state index in [1.54, 1.807) is 11.3 Å². The molecule has 0 saturated carbocycles. The van der Waals surface area contributed by atoms with E-state index in [2.05, 4.69) is 21.0 Å². The van der Waals surface area contributed by atoms with Gasteiger partial charge in [-0.05, 0) is 0 Å². The van der Waals surface area contributed by atoms with E-state index >= 15 is 0 Å². The van der Waals surface area contributed by atoms with Crippen molar-refractivity contribution in [3.63, 3.8) is 0 Å². The van der Waals surface area contributed by atoms with Crippen molar-refractivity contribution in [1.82, 2.24) is 15.0 Å². The molecular weight excluding hydrogens is 217 g/mol. The molecule has 0 radical (unpaired) electrons. The summed E-state index contributed by atoms with van der Waals surface area (Å²) >= 11 is 3.05. The van der Waals surface area contributed by atoms with Gasteiger partial charge in [-0.25, -0.2) is 0 Å². The standard InChI is InChI=1S/C4H3S.C3H2N3.Ni/c1-2-4-5-3-1;1-4-2-6-3-5-1;/h1-3H;1-2H;. The van der Waals surface area contributed by atoms with Crippen LogP contribution in [0.5, 0.6) is 0 Å². The van der Waals surface area contributed by atoms with Crippen molar-refractivity contribution in [2.45, 2.75) is 0 Å². The molecule has 64 valence electrons. The zero-order chi connectivity index (χ0) is 8.23. The summed E-state index contributed by atoms with van der Waals surface area (Å²) < 4.78 is 1.22. The van der Waals surface area contributed by atoms with Crippen LogP contribution in [0.15, 0.2) is 30.2 Å². The molecule has 2 aromatic rings. The third-order valence-electron chi connectivity index (χ3n) is 1.06. The summed E-state index contributed by atoms with van der Waals surface area (Å²) in [7, 11) is 0. The molecule has 0 atom stereocenters. The van der Waals surface area contributed by atoms with Crippen LogP contribution in [0.2, 0.25) is 0 Å². The van der Waals surface area contributed by atoms with Crippen molar-refractivity contribution < 1.29 is 14.4 Å². The van der Waals surface area contributed by atoms with E-state index in [0.717, 1.165) is 4.79 Å². The monoisotopic (exact) mass is 221 g/mol. The molecule has 2 heterocycles. The van der Waals surface area contributed by atoms with Crippen molar-refractivity contribution in [2.75, 3.05) is 0 Å². The Kier molecular flexibility index (Phi) is 2.44. The van der Waals surface area contributed by atoms with Crippen LogP contribution in [0.4, 0.5) is 0 Å². The summed E-state index contributed by atoms with van der Waals surface area (Å²) in [4.78, 5) is 12.5. The molecule has 12 heavy (non-hydrogen) atoms. The van der Waals surface area contributed by atoms with Gasteiger partial charge in [-0.15, -0.1) is 0 Å². The summed E-state index contributed by atoms with van der Waals surface area (Å²) in [5.74, 6) is 0. The number of nitrogens with zero attached hydrogens (tertiary/aromatic N) is 3. The predicted octanol–water partition coefficient (Wildman–Crippen LogP) is -0.0336. The van der Waals surface area contributed by atoms with Crippen molar-refractivity contribution >= 4 is 20.0 Å². The van der Waals surface area contributed by atoms with E-state index in [-0.39, 0.29) is 0 Å². The van der Waals surface area contributed by atoms with Gasteiger partial charge in [0.1, 0.15) is 0 Å². The van der Waals surface area contributed by atoms with Crippen molar-refractivity contribution in [1.29, 1.82) is 0 Å². The molecule has 0 saturated heterocycles. The Labute approximate surface area is 79.7 Å². The Balaban J connectivity index is 2.15. The predicted molar refractivity (Wildman–Crippen MR) is 43.4 cm³/mol. The van der Waals surface area contributed by atoms with E-state index in [1.165, 1.54) is 30.9 Å². The average Bonchev–Trinajstić information content (AvgIpc) is 2.59. The number of hydrogen-bond acceptors (Lipinski definition) is 4.